The molecule has 2 heteroatoms. The van der Waals surface area contributed by atoms with Crippen molar-refractivity contribution in [3.63, 3.8) is 0 Å². The number of carbonyl (C=O) groups excluding carboxylic acids is 1. The summed E-state index contributed by atoms with van der Waals surface area (Å²) in [6.07, 6.45) is 4.15. The Balaban J connectivity index is 2.11. The summed E-state index contributed by atoms with van der Waals surface area (Å²) in [6, 6.07) is 9.61. The fraction of sp³-hybridized carbons (Fsp3) is 0.154. The smallest absolute Gasteiger partial charge is 0.167 e. The van der Waals surface area contributed by atoms with Crippen LogP contribution in [0.4, 0.5) is 0 Å². The highest BCUT2D eigenvalue weighted by atomic mass is 16.1. The van der Waals surface area contributed by atoms with E-state index in [0.717, 1.165) is 11.1 Å². The Hall–Kier alpha value is -1.83. The molecule has 0 fully saturated rings. The average Bonchev–Trinajstić information content (AvgIpc) is 2.71. The lowest BCUT2D eigenvalue weighted by Gasteiger charge is -1.99. The minimum absolute atomic E-state index is 0.162. The van der Waals surface area contributed by atoms with Crippen molar-refractivity contribution < 1.29 is 4.79 Å². The summed E-state index contributed by atoms with van der Waals surface area (Å²) < 4.78 is 0. The van der Waals surface area contributed by atoms with Gasteiger partial charge in [-0.15, -0.1) is 0 Å². The van der Waals surface area contributed by atoms with Crippen molar-refractivity contribution in [2.24, 2.45) is 0 Å². The van der Waals surface area contributed by atoms with Crippen molar-refractivity contribution in [1.82, 2.24) is 4.98 Å². The molecule has 0 aliphatic heterocycles. The maximum atomic E-state index is 11.8. The topological polar surface area (TPSA) is 32.9 Å². The molecule has 0 atom stereocenters. The van der Waals surface area contributed by atoms with Gasteiger partial charge >= 0.3 is 0 Å². The molecular weight excluding hydrogens is 186 g/mol. The molecule has 1 heterocycles. The number of rotatable bonds is 3. The standard InChI is InChI=1S/C13H13NO/c1-10-2-4-12(5-3-10)13(15)8-11-6-7-14-9-11/h2-7,9,14H,8H2,1H3. The Morgan fingerprint density at radius 2 is 1.93 bits per heavy atom. The molecular formula is C13H13NO. The van der Waals surface area contributed by atoms with Gasteiger partial charge in [0, 0.05) is 24.4 Å². The third kappa shape index (κ3) is 2.34. The molecule has 1 aromatic heterocycles. The molecule has 0 spiro atoms. The predicted molar refractivity (Wildman–Crippen MR) is 60.0 cm³/mol. The lowest BCUT2D eigenvalue weighted by atomic mass is 10.0. The molecule has 0 aliphatic carbocycles. The Morgan fingerprint density at radius 3 is 2.53 bits per heavy atom. The summed E-state index contributed by atoms with van der Waals surface area (Å²) in [4.78, 5) is 14.8. The van der Waals surface area contributed by atoms with Gasteiger partial charge in [-0.1, -0.05) is 29.8 Å². The van der Waals surface area contributed by atoms with Crippen molar-refractivity contribution in [3.8, 4) is 0 Å². The normalized spacial score (nSPS) is 10.2. The Bertz CT molecular complexity index is 440. The van der Waals surface area contributed by atoms with Gasteiger partial charge in [0.05, 0.1) is 0 Å². The number of benzene rings is 1. The molecule has 0 aliphatic rings. The fourth-order valence-electron chi connectivity index (χ4n) is 1.50. The Kier molecular flexibility index (Phi) is 2.68. The molecule has 0 bridgehead atoms. The first-order valence-corrected chi connectivity index (χ1v) is 4.97. The lowest BCUT2D eigenvalue weighted by molar-refractivity contribution is 0.0993. The summed E-state index contributed by atoms with van der Waals surface area (Å²) in [5.74, 6) is 0.162. The molecule has 2 nitrogen and oxygen atoms in total. The Morgan fingerprint density at radius 1 is 1.20 bits per heavy atom. The van der Waals surface area contributed by atoms with Gasteiger partial charge in [0.2, 0.25) is 0 Å². The van der Waals surface area contributed by atoms with Gasteiger partial charge in [-0.2, -0.15) is 0 Å². The highest BCUT2D eigenvalue weighted by Gasteiger charge is 2.06. The van der Waals surface area contributed by atoms with E-state index < -0.39 is 0 Å². The van der Waals surface area contributed by atoms with E-state index in [0.29, 0.717) is 6.42 Å². The zero-order chi connectivity index (χ0) is 10.7. The van der Waals surface area contributed by atoms with E-state index in [2.05, 4.69) is 4.98 Å². The number of Topliss-reactive ketones (excluding diaryl/α,β-unsaturated/α-hetero) is 1. The van der Waals surface area contributed by atoms with Crippen molar-refractivity contribution in [2.75, 3.05) is 0 Å². The summed E-state index contributed by atoms with van der Waals surface area (Å²) >= 11 is 0. The van der Waals surface area contributed by atoms with Crippen molar-refractivity contribution in [2.45, 2.75) is 13.3 Å². The first-order chi connectivity index (χ1) is 7.25. The third-order valence-electron chi connectivity index (χ3n) is 2.40. The summed E-state index contributed by atoms with van der Waals surface area (Å²) in [6.45, 7) is 2.01. The first kappa shape index (κ1) is 9.71. The Labute approximate surface area is 89.0 Å². The summed E-state index contributed by atoms with van der Waals surface area (Å²) in [7, 11) is 0. The monoisotopic (exact) mass is 199 g/mol. The van der Waals surface area contributed by atoms with E-state index in [4.69, 9.17) is 0 Å². The lowest BCUT2D eigenvalue weighted by Crippen LogP contribution is -2.02. The van der Waals surface area contributed by atoms with Gasteiger partial charge < -0.3 is 4.98 Å². The predicted octanol–water partition coefficient (Wildman–Crippen LogP) is 2.75. The number of hydrogen-bond donors (Lipinski definition) is 1. The number of aryl methyl sites for hydroxylation is 1. The largest absolute Gasteiger partial charge is 0.367 e. The second-order valence-corrected chi connectivity index (χ2v) is 3.69. The van der Waals surface area contributed by atoms with E-state index in [1.807, 2.05) is 49.6 Å². The SMILES string of the molecule is Cc1ccc(C(=O)Cc2cc[nH]c2)cc1. The zero-order valence-electron chi connectivity index (χ0n) is 8.66. The number of nitrogens with one attached hydrogen (secondary N) is 1. The number of H-pyrrole nitrogens is 1. The molecule has 0 amide bonds. The van der Waals surface area contributed by atoms with Crippen LogP contribution >= 0.6 is 0 Å². The number of aromatic nitrogens is 1. The van der Waals surface area contributed by atoms with Crippen LogP contribution in [0.25, 0.3) is 0 Å². The third-order valence-corrected chi connectivity index (χ3v) is 2.40. The minimum atomic E-state index is 0.162. The maximum absolute atomic E-state index is 11.8. The average molecular weight is 199 g/mol. The molecule has 76 valence electrons. The number of aromatic amines is 1. The van der Waals surface area contributed by atoms with Crippen LogP contribution in [0.15, 0.2) is 42.7 Å². The van der Waals surface area contributed by atoms with Gasteiger partial charge in [0.15, 0.2) is 5.78 Å². The van der Waals surface area contributed by atoms with Crippen LogP contribution in [-0.4, -0.2) is 10.8 Å². The first-order valence-electron chi connectivity index (χ1n) is 4.97. The number of hydrogen-bond acceptors (Lipinski definition) is 1. The van der Waals surface area contributed by atoms with E-state index >= 15 is 0 Å². The van der Waals surface area contributed by atoms with Gasteiger partial charge in [0.25, 0.3) is 0 Å². The molecule has 0 saturated carbocycles. The molecule has 0 radical (unpaired) electrons. The molecule has 15 heavy (non-hydrogen) atoms. The van der Waals surface area contributed by atoms with E-state index in [1.165, 1.54) is 5.56 Å². The van der Waals surface area contributed by atoms with Gasteiger partial charge in [-0.25, -0.2) is 0 Å². The van der Waals surface area contributed by atoms with Crippen molar-refractivity contribution >= 4 is 5.78 Å². The minimum Gasteiger partial charge on any atom is -0.367 e. The van der Waals surface area contributed by atoms with Crippen molar-refractivity contribution in [3.05, 3.63) is 59.4 Å². The molecule has 0 unspecified atom stereocenters. The van der Waals surface area contributed by atoms with Gasteiger partial charge in [-0.3, -0.25) is 4.79 Å². The molecule has 2 aromatic rings. The fourth-order valence-corrected chi connectivity index (χ4v) is 1.50. The van der Waals surface area contributed by atoms with Crippen LogP contribution in [0.1, 0.15) is 21.5 Å². The zero-order valence-corrected chi connectivity index (χ0v) is 8.66. The van der Waals surface area contributed by atoms with Crippen LogP contribution < -0.4 is 0 Å². The van der Waals surface area contributed by atoms with Crippen LogP contribution in [0.2, 0.25) is 0 Å². The van der Waals surface area contributed by atoms with Crippen LogP contribution in [0.5, 0.6) is 0 Å². The summed E-state index contributed by atoms with van der Waals surface area (Å²) in [5.41, 5.74) is 2.98. The maximum Gasteiger partial charge on any atom is 0.167 e. The van der Waals surface area contributed by atoms with Crippen LogP contribution in [0, 0.1) is 6.92 Å². The van der Waals surface area contributed by atoms with Crippen molar-refractivity contribution in [1.29, 1.82) is 0 Å². The molecule has 0 saturated heterocycles. The highest BCUT2D eigenvalue weighted by Crippen LogP contribution is 2.08. The van der Waals surface area contributed by atoms with Gasteiger partial charge in [-0.05, 0) is 18.6 Å². The van der Waals surface area contributed by atoms with Gasteiger partial charge in [0.1, 0.15) is 0 Å². The quantitative estimate of drug-likeness (QED) is 0.757. The molecule has 1 aromatic carbocycles. The highest BCUT2D eigenvalue weighted by molar-refractivity contribution is 5.97. The molecule has 2 rings (SSSR count). The second kappa shape index (κ2) is 4.13. The van der Waals surface area contributed by atoms with Crippen LogP contribution in [0.3, 0.4) is 0 Å². The van der Waals surface area contributed by atoms with E-state index in [9.17, 15) is 4.79 Å². The number of ketones is 1. The van der Waals surface area contributed by atoms with E-state index in [1.54, 1.807) is 0 Å². The van der Waals surface area contributed by atoms with Crippen LogP contribution in [-0.2, 0) is 6.42 Å². The summed E-state index contributed by atoms with van der Waals surface area (Å²) in [5, 5.41) is 0. The second-order valence-electron chi connectivity index (χ2n) is 3.69. The molecule has 1 N–H and O–H groups in total. The van der Waals surface area contributed by atoms with E-state index in [-0.39, 0.29) is 5.78 Å². The number of carbonyl (C=O) groups is 1.